The third-order valence-corrected chi connectivity index (χ3v) is 2.54. The SMILES string of the molecule is CNc1cc(Nc2ccc(CC#N)cc2)ccn1. The molecule has 4 heteroatoms. The average molecular weight is 238 g/mol. The van der Waals surface area contributed by atoms with Crippen molar-refractivity contribution in [2.75, 3.05) is 17.7 Å². The van der Waals surface area contributed by atoms with Crippen LogP contribution in [0.5, 0.6) is 0 Å². The fraction of sp³-hybridized carbons (Fsp3) is 0.143. The Morgan fingerprint density at radius 3 is 2.61 bits per heavy atom. The van der Waals surface area contributed by atoms with Crippen molar-refractivity contribution in [3.05, 3.63) is 48.2 Å². The molecule has 4 nitrogen and oxygen atoms in total. The van der Waals surface area contributed by atoms with Crippen LogP contribution >= 0.6 is 0 Å². The number of hydrogen-bond donors (Lipinski definition) is 2. The largest absolute Gasteiger partial charge is 0.373 e. The Morgan fingerprint density at radius 2 is 1.94 bits per heavy atom. The van der Waals surface area contributed by atoms with Crippen LogP contribution < -0.4 is 10.6 Å². The van der Waals surface area contributed by atoms with Gasteiger partial charge in [0.2, 0.25) is 0 Å². The second-order valence-electron chi connectivity index (χ2n) is 3.84. The summed E-state index contributed by atoms with van der Waals surface area (Å²) in [7, 11) is 1.84. The summed E-state index contributed by atoms with van der Waals surface area (Å²) in [6.07, 6.45) is 2.19. The lowest BCUT2D eigenvalue weighted by molar-refractivity contribution is 1.26. The molecule has 0 unspecified atom stereocenters. The predicted molar refractivity (Wildman–Crippen MR) is 72.8 cm³/mol. The molecule has 1 aromatic heterocycles. The van der Waals surface area contributed by atoms with Crippen molar-refractivity contribution in [1.82, 2.24) is 4.98 Å². The number of rotatable bonds is 4. The van der Waals surface area contributed by atoms with Crippen molar-refractivity contribution < 1.29 is 0 Å². The monoisotopic (exact) mass is 238 g/mol. The number of hydrogen-bond acceptors (Lipinski definition) is 4. The predicted octanol–water partition coefficient (Wildman–Crippen LogP) is 2.93. The quantitative estimate of drug-likeness (QED) is 0.859. The Bertz CT molecular complexity index is 555. The highest BCUT2D eigenvalue weighted by atomic mass is 15.0. The maximum absolute atomic E-state index is 8.60. The van der Waals surface area contributed by atoms with E-state index < -0.39 is 0 Å². The fourth-order valence-electron chi connectivity index (χ4n) is 1.61. The summed E-state index contributed by atoms with van der Waals surface area (Å²) >= 11 is 0. The van der Waals surface area contributed by atoms with Gasteiger partial charge < -0.3 is 10.6 Å². The molecule has 0 aliphatic carbocycles. The minimum absolute atomic E-state index is 0.444. The van der Waals surface area contributed by atoms with Gasteiger partial charge in [0.25, 0.3) is 0 Å². The Morgan fingerprint density at radius 1 is 1.17 bits per heavy atom. The Labute approximate surface area is 106 Å². The van der Waals surface area contributed by atoms with Gasteiger partial charge in [-0.25, -0.2) is 4.98 Å². The highest BCUT2D eigenvalue weighted by Crippen LogP contribution is 2.18. The first kappa shape index (κ1) is 11.9. The van der Waals surface area contributed by atoms with Crippen LogP contribution in [0.1, 0.15) is 5.56 Å². The molecule has 0 saturated carbocycles. The topological polar surface area (TPSA) is 60.7 Å². The molecule has 90 valence electrons. The van der Waals surface area contributed by atoms with Crippen molar-refractivity contribution in [3.8, 4) is 6.07 Å². The molecule has 0 saturated heterocycles. The van der Waals surface area contributed by atoms with E-state index in [0.29, 0.717) is 6.42 Å². The van der Waals surface area contributed by atoms with Crippen LogP contribution in [0.3, 0.4) is 0 Å². The van der Waals surface area contributed by atoms with E-state index in [0.717, 1.165) is 22.8 Å². The number of nitrogens with zero attached hydrogens (tertiary/aromatic N) is 2. The van der Waals surface area contributed by atoms with Gasteiger partial charge in [0, 0.05) is 30.7 Å². The smallest absolute Gasteiger partial charge is 0.127 e. The van der Waals surface area contributed by atoms with E-state index >= 15 is 0 Å². The van der Waals surface area contributed by atoms with Crippen LogP contribution in [0.25, 0.3) is 0 Å². The molecule has 1 heterocycles. The van der Waals surface area contributed by atoms with Gasteiger partial charge in [-0.05, 0) is 23.8 Å². The minimum atomic E-state index is 0.444. The van der Waals surface area contributed by atoms with Crippen molar-refractivity contribution in [2.45, 2.75) is 6.42 Å². The molecule has 0 amide bonds. The van der Waals surface area contributed by atoms with Crippen LogP contribution in [0.15, 0.2) is 42.6 Å². The molecule has 0 aliphatic heterocycles. The molecule has 0 spiro atoms. The first-order valence-corrected chi connectivity index (χ1v) is 5.68. The van der Waals surface area contributed by atoms with Gasteiger partial charge in [0.1, 0.15) is 5.82 Å². The number of nitriles is 1. The molecule has 0 atom stereocenters. The molecule has 1 aromatic carbocycles. The zero-order chi connectivity index (χ0) is 12.8. The third kappa shape index (κ3) is 2.98. The summed E-state index contributed by atoms with van der Waals surface area (Å²) in [4.78, 5) is 4.15. The number of benzene rings is 1. The third-order valence-electron chi connectivity index (χ3n) is 2.54. The lowest BCUT2D eigenvalue weighted by Gasteiger charge is -2.08. The number of pyridine rings is 1. The molecular formula is C14H14N4. The maximum Gasteiger partial charge on any atom is 0.127 e. The van der Waals surface area contributed by atoms with E-state index in [4.69, 9.17) is 5.26 Å². The molecule has 2 N–H and O–H groups in total. The summed E-state index contributed by atoms with van der Waals surface area (Å²) < 4.78 is 0. The standard InChI is InChI=1S/C14H14N4/c1-16-14-10-13(7-9-17-14)18-12-4-2-11(3-5-12)6-8-15/h2-5,7,9-10H,6H2,1H3,(H2,16,17,18). The molecule has 18 heavy (non-hydrogen) atoms. The molecule has 0 fully saturated rings. The van der Waals surface area contributed by atoms with Gasteiger partial charge in [0.05, 0.1) is 12.5 Å². The van der Waals surface area contributed by atoms with Gasteiger partial charge in [-0.15, -0.1) is 0 Å². The summed E-state index contributed by atoms with van der Waals surface area (Å²) in [5.41, 5.74) is 2.99. The van der Waals surface area contributed by atoms with E-state index in [-0.39, 0.29) is 0 Å². The summed E-state index contributed by atoms with van der Waals surface area (Å²) in [5, 5.41) is 14.9. The number of anilines is 3. The summed E-state index contributed by atoms with van der Waals surface area (Å²) in [6, 6.07) is 13.8. The van der Waals surface area contributed by atoms with Crippen molar-refractivity contribution >= 4 is 17.2 Å². The van der Waals surface area contributed by atoms with Crippen LogP contribution in [0, 0.1) is 11.3 Å². The molecular weight excluding hydrogens is 224 g/mol. The summed E-state index contributed by atoms with van der Waals surface area (Å²) in [5.74, 6) is 0.820. The lowest BCUT2D eigenvalue weighted by Crippen LogP contribution is -1.95. The van der Waals surface area contributed by atoms with E-state index in [1.165, 1.54) is 0 Å². The average Bonchev–Trinajstić information content (AvgIpc) is 2.42. The number of nitrogens with one attached hydrogen (secondary N) is 2. The fourth-order valence-corrected chi connectivity index (χ4v) is 1.61. The Kier molecular flexibility index (Phi) is 3.77. The molecule has 2 rings (SSSR count). The Hall–Kier alpha value is -2.54. The van der Waals surface area contributed by atoms with E-state index in [2.05, 4.69) is 21.7 Å². The molecule has 2 aromatic rings. The highest BCUT2D eigenvalue weighted by molar-refractivity contribution is 5.62. The minimum Gasteiger partial charge on any atom is -0.373 e. The van der Waals surface area contributed by atoms with Crippen LogP contribution in [0.2, 0.25) is 0 Å². The first-order chi connectivity index (χ1) is 8.81. The zero-order valence-electron chi connectivity index (χ0n) is 10.1. The van der Waals surface area contributed by atoms with Gasteiger partial charge >= 0.3 is 0 Å². The second kappa shape index (κ2) is 5.69. The first-order valence-electron chi connectivity index (χ1n) is 5.68. The van der Waals surface area contributed by atoms with E-state index in [1.807, 2.05) is 43.4 Å². The van der Waals surface area contributed by atoms with Crippen LogP contribution in [0.4, 0.5) is 17.2 Å². The normalized spacial score (nSPS) is 9.56. The van der Waals surface area contributed by atoms with Crippen LogP contribution in [-0.2, 0) is 6.42 Å². The number of aromatic nitrogens is 1. The van der Waals surface area contributed by atoms with Crippen molar-refractivity contribution in [1.29, 1.82) is 5.26 Å². The van der Waals surface area contributed by atoms with Crippen LogP contribution in [-0.4, -0.2) is 12.0 Å². The van der Waals surface area contributed by atoms with E-state index in [1.54, 1.807) is 6.20 Å². The van der Waals surface area contributed by atoms with Gasteiger partial charge in [-0.2, -0.15) is 5.26 Å². The molecule has 0 aliphatic rings. The van der Waals surface area contributed by atoms with Gasteiger partial charge in [0.15, 0.2) is 0 Å². The van der Waals surface area contributed by atoms with E-state index in [9.17, 15) is 0 Å². The van der Waals surface area contributed by atoms with Crippen molar-refractivity contribution in [3.63, 3.8) is 0 Å². The molecule has 0 radical (unpaired) electrons. The highest BCUT2D eigenvalue weighted by Gasteiger charge is 1.97. The Balaban J connectivity index is 2.11. The van der Waals surface area contributed by atoms with Gasteiger partial charge in [-0.3, -0.25) is 0 Å². The second-order valence-corrected chi connectivity index (χ2v) is 3.84. The zero-order valence-corrected chi connectivity index (χ0v) is 10.1. The summed E-state index contributed by atoms with van der Waals surface area (Å²) in [6.45, 7) is 0. The lowest BCUT2D eigenvalue weighted by atomic mass is 10.1. The van der Waals surface area contributed by atoms with Crippen molar-refractivity contribution in [2.24, 2.45) is 0 Å². The maximum atomic E-state index is 8.60. The van der Waals surface area contributed by atoms with Gasteiger partial charge in [-0.1, -0.05) is 12.1 Å². The molecule has 0 bridgehead atoms.